The quantitative estimate of drug-likeness (QED) is 0.680. The SMILES string of the molecule is Cc1ccc(OCc2nc(C(=O)Nc3cccc(S(C)(=O)=O)c3)cs2)cc1. The first-order valence-electron chi connectivity index (χ1n) is 8.06. The van der Waals surface area contributed by atoms with Crippen molar-refractivity contribution in [3.63, 3.8) is 0 Å². The monoisotopic (exact) mass is 402 g/mol. The van der Waals surface area contributed by atoms with E-state index < -0.39 is 15.7 Å². The summed E-state index contributed by atoms with van der Waals surface area (Å²) in [5.41, 5.74) is 1.80. The predicted octanol–water partition coefficient (Wildman–Crippen LogP) is 3.69. The van der Waals surface area contributed by atoms with Crippen LogP contribution in [0, 0.1) is 6.92 Å². The molecule has 1 N–H and O–H groups in total. The molecule has 3 rings (SSSR count). The summed E-state index contributed by atoms with van der Waals surface area (Å²) in [7, 11) is -3.34. The van der Waals surface area contributed by atoms with Crippen molar-refractivity contribution < 1.29 is 17.9 Å². The molecule has 0 aliphatic rings. The Hall–Kier alpha value is -2.71. The summed E-state index contributed by atoms with van der Waals surface area (Å²) >= 11 is 1.33. The van der Waals surface area contributed by atoms with Gasteiger partial charge in [0, 0.05) is 17.3 Å². The number of sulfone groups is 1. The summed E-state index contributed by atoms with van der Waals surface area (Å²) in [5.74, 6) is 0.331. The molecular formula is C19H18N2O4S2. The van der Waals surface area contributed by atoms with E-state index >= 15 is 0 Å². The molecule has 1 amide bonds. The van der Waals surface area contributed by atoms with Gasteiger partial charge < -0.3 is 10.1 Å². The molecular weight excluding hydrogens is 384 g/mol. The maximum Gasteiger partial charge on any atom is 0.275 e. The standard InChI is InChI=1S/C19H18N2O4S2/c1-13-6-8-15(9-7-13)25-11-18-21-17(12-26-18)19(22)20-14-4-3-5-16(10-14)27(2,23)24/h3-10,12H,11H2,1-2H3,(H,20,22). The number of thiazole rings is 1. The molecule has 0 aliphatic heterocycles. The molecule has 140 valence electrons. The van der Waals surface area contributed by atoms with E-state index in [0.717, 1.165) is 17.6 Å². The number of carbonyl (C=O) groups is 1. The molecule has 0 unspecified atom stereocenters. The molecule has 0 saturated carbocycles. The van der Waals surface area contributed by atoms with Crippen LogP contribution in [-0.4, -0.2) is 25.6 Å². The highest BCUT2D eigenvalue weighted by atomic mass is 32.2. The minimum atomic E-state index is -3.34. The third-order valence-corrected chi connectivity index (χ3v) is 5.62. The second-order valence-corrected chi connectivity index (χ2v) is 8.94. The molecule has 2 aromatic carbocycles. The zero-order valence-electron chi connectivity index (χ0n) is 14.8. The molecule has 27 heavy (non-hydrogen) atoms. The highest BCUT2D eigenvalue weighted by Crippen LogP contribution is 2.19. The van der Waals surface area contributed by atoms with Crippen LogP contribution in [0.25, 0.3) is 0 Å². The first kappa shape index (κ1) is 19.1. The highest BCUT2D eigenvalue weighted by Gasteiger charge is 2.13. The summed E-state index contributed by atoms with van der Waals surface area (Å²) in [6, 6.07) is 13.8. The van der Waals surface area contributed by atoms with E-state index in [0.29, 0.717) is 10.7 Å². The number of nitrogens with zero attached hydrogens (tertiary/aromatic N) is 1. The fourth-order valence-electron chi connectivity index (χ4n) is 2.26. The van der Waals surface area contributed by atoms with Gasteiger partial charge in [-0.1, -0.05) is 23.8 Å². The van der Waals surface area contributed by atoms with Crippen LogP contribution in [0.15, 0.2) is 58.8 Å². The van der Waals surface area contributed by atoms with Crippen molar-refractivity contribution in [1.29, 1.82) is 0 Å². The fraction of sp³-hybridized carbons (Fsp3) is 0.158. The maximum atomic E-state index is 12.3. The van der Waals surface area contributed by atoms with E-state index in [2.05, 4.69) is 10.3 Å². The molecule has 3 aromatic rings. The smallest absolute Gasteiger partial charge is 0.275 e. The summed E-state index contributed by atoms with van der Waals surface area (Å²) in [5, 5.41) is 4.98. The van der Waals surface area contributed by atoms with Crippen LogP contribution in [0.5, 0.6) is 5.75 Å². The zero-order valence-corrected chi connectivity index (χ0v) is 16.4. The normalized spacial score (nSPS) is 11.2. The van der Waals surface area contributed by atoms with Crippen molar-refractivity contribution in [2.75, 3.05) is 11.6 Å². The van der Waals surface area contributed by atoms with Crippen molar-refractivity contribution in [3.8, 4) is 5.75 Å². The minimum absolute atomic E-state index is 0.144. The third kappa shape index (κ3) is 5.15. The molecule has 6 nitrogen and oxygen atoms in total. The summed E-state index contributed by atoms with van der Waals surface area (Å²) in [6.07, 6.45) is 1.12. The van der Waals surface area contributed by atoms with Crippen molar-refractivity contribution in [1.82, 2.24) is 4.98 Å². The van der Waals surface area contributed by atoms with E-state index in [1.54, 1.807) is 17.5 Å². The Bertz CT molecular complexity index is 1060. The molecule has 8 heteroatoms. The predicted molar refractivity (Wildman–Crippen MR) is 105 cm³/mol. The zero-order chi connectivity index (χ0) is 19.4. The average molecular weight is 402 g/mol. The Kier molecular flexibility index (Phi) is 5.57. The Morgan fingerprint density at radius 1 is 1.19 bits per heavy atom. The lowest BCUT2D eigenvalue weighted by atomic mass is 10.2. The first-order chi connectivity index (χ1) is 12.8. The molecule has 0 radical (unpaired) electrons. The van der Waals surface area contributed by atoms with E-state index in [4.69, 9.17) is 4.74 Å². The molecule has 0 spiro atoms. The van der Waals surface area contributed by atoms with Crippen LogP contribution in [0.4, 0.5) is 5.69 Å². The second kappa shape index (κ2) is 7.89. The van der Waals surface area contributed by atoms with Crippen molar-refractivity contribution in [3.05, 3.63) is 70.2 Å². The van der Waals surface area contributed by atoms with Gasteiger partial charge in [0.15, 0.2) is 9.84 Å². The average Bonchev–Trinajstić information content (AvgIpc) is 3.10. The van der Waals surface area contributed by atoms with Crippen LogP contribution >= 0.6 is 11.3 Å². The molecule has 0 fully saturated rings. The number of benzene rings is 2. The summed E-state index contributed by atoms with van der Waals surface area (Å²) in [4.78, 5) is 16.8. The second-order valence-electron chi connectivity index (χ2n) is 5.98. The van der Waals surface area contributed by atoms with E-state index in [-0.39, 0.29) is 17.2 Å². The number of rotatable bonds is 6. The number of aryl methyl sites for hydroxylation is 1. The van der Waals surface area contributed by atoms with Gasteiger partial charge in [-0.3, -0.25) is 4.79 Å². The Balaban J connectivity index is 1.64. The first-order valence-corrected chi connectivity index (χ1v) is 10.8. The molecule has 0 bridgehead atoms. The molecule has 1 heterocycles. The lowest BCUT2D eigenvalue weighted by molar-refractivity contribution is 0.102. The Morgan fingerprint density at radius 3 is 2.63 bits per heavy atom. The van der Waals surface area contributed by atoms with Gasteiger partial charge in [0.1, 0.15) is 23.1 Å². The number of amides is 1. The number of carbonyl (C=O) groups excluding carboxylic acids is 1. The number of nitrogens with one attached hydrogen (secondary N) is 1. The van der Waals surface area contributed by atoms with Gasteiger partial charge >= 0.3 is 0 Å². The number of ether oxygens (including phenoxy) is 1. The van der Waals surface area contributed by atoms with E-state index in [1.165, 1.54) is 23.5 Å². The van der Waals surface area contributed by atoms with Crippen molar-refractivity contribution >= 4 is 32.8 Å². The minimum Gasteiger partial charge on any atom is -0.486 e. The van der Waals surface area contributed by atoms with Gasteiger partial charge in [-0.25, -0.2) is 13.4 Å². The molecule has 0 aliphatic carbocycles. The topological polar surface area (TPSA) is 85.4 Å². The van der Waals surface area contributed by atoms with Crippen LogP contribution < -0.4 is 10.1 Å². The van der Waals surface area contributed by atoms with E-state index in [9.17, 15) is 13.2 Å². The number of hydrogen-bond acceptors (Lipinski definition) is 6. The number of hydrogen-bond donors (Lipinski definition) is 1. The Morgan fingerprint density at radius 2 is 1.93 bits per heavy atom. The largest absolute Gasteiger partial charge is 0.486 e. The van der Waals surface area contributed by atoms with Crippen LogP contribution in [0.1, 0.15) is 21.1 Å². The molecule has 1 aromatic heterocycles. The van der Waals surface area contributed by atoms with Crippen LogP contribution in [0.2, 0.25) is 0 Å². The van der Waals surface area contributed by atoms with Crippen LogP contribution in [0.3, 0.4) is 0 Å². The summed E-state index contributed by atoms with van der Waals surface area (Å²) in [6.45, 7) is 2.27. The summed E-state index contributed by atoms with van der Waals surface area (Å²) < 4.78 is 28.9. The number of aromatic nitrogens is 1. The van der Waals surface area contributed by atoms with Gasteiger partial charge in [-0.15, -0.1) is 11.3 Å². The van der Waals surface area contributed by atoms with E-state index in [1.807, 2.05) is 31.2 Å². The Labute approximate surface area is 161 Å². The van der Waals surface area contributed by atoms with Gasteiger partial charge in [0.25, 0.3) is 5.91 Å². The van der Waals surface area contributed by atoms with Crippen LogP contribution in [-0.2, 0) is 16.4 Å². The highest BCUT2D eigenvalue weighted by molar-refractivity contribution is 7.90. The molecule has 0 saturated heterocycles. The van der Waals surface area contributed by atoms with Crippen molar-refractivity contribution in [2.24, 2.45) is 0 Å². The fourth-order valence-corrected chi connectivity index (χ4v) is 3.61. The van der Waals surface area contributed by atoms with Gasteiger partial charge in [-0.2, -0.15) is 0 Å². The van der Waals surface area contributed by atoms with Gasteiger partial charge in [0.05, 0.1) is 4.90 Å². The number of anilines is 1. The van der Waals surface area contributed by atoms with Crippen molar-refractivity contribution in [2.45, 2.75) is 18.4 Å². The van der Waals surface area contributed by atoms with Gasteiger partial charge in [-0.05, 0) is 37.3 Å². The molecule has 0 atom stereocenters. The maximum absolute atomic E-state index is 12.3. The third-order valence-electron chi connectivity index (χ3n) is 3.69. The lowest BCUT2D eigenvalue weighted by Crippen LogP contribution is -2.13. The van der Waals surface area contributed by atoms with Gasteiger partial charge in [0.2, 0.25) is 0 Å². The lowest BCUT2D eigenvalue weighted by Gasteiger charge is -2.05.